The van der Waals surface area contributed by atoms with Gasteiger partial charge in [0.05, 0.1) is 18.1 Å². The van der Waals surface area contributed by atoms with E-state index in [1.165, 1.54) is 21.3 Å². The predicted octanol–water partition coefficient (Wildman–Crippen LogP) is -0.0434. The van der Waals surface area contributed by atoms with Crippen LogP contribution in [0, 0.1) is 5.92 Å². The number of aromatic nitrogens is 2. The van der Waals surface area contributed by atoms with Gasteiger partial charge in [-0.05, 0) is 18.8 Å². The molecule has 0 bridgehead atoms. The molecule has 1 aliphatic heterocycles. The fourth-order valence-electron chi connectivity index (χ4n) is 2.43. The van der Waals surface area contributed by atoms with Crippen LogP contribution in [0.4, 0.5) is 5.69 Å². The lowest BCUT2D eigenvalue weighted by molar-refractivity contribution is 0.238. The van der Waals surface area contributed by atoms with Gasteiger partial charge < -0.3 is 5.32 Å². The molecule has 20 heavy (non-hydrogen) atoms. The van der Waals surface area contributed by atoms with Gasteiger partial charge in [0.2, 0.25) is 10.0 Å². The minimum Gasteiger partial charge on any atom is -0.387 e. The highest BCUT2D eigenvalue weighted by atomic mass is 32.2. The molecule has 112 valence electrons. The minimum absolute atomic E-state index is 0.129. The first-order valence-corrected chi connectivity index (χ1v) is 8.45. The molecule has 2 heterocycles. The van der Waals surface area contributed by atoms with Crippen LogP contribution in [0.5, 0.6) is 0 Å². The zero-order chi connectivity index (χ0) is 14.8. The Bertz CT molecular complexity index is 626. The van der Waals surface area contributed by atoms with Crippen molar-refractivity contribution in [2.24, 2.45) is 5.92 Å². The molecule has 1 unspecified atom stereocenters. The molecule has 0 aliphatic carbocycles. The van der Waals surface area contributed by atoms with E-state index in [-0.39, 0.29) is 11.5 Å². The Morgan fingerprint density at radius 1 is 1.50 bits per heavy atom. The van der Waals surface area contributed by atoms with E-state index < -0.39 is 10.0 Å². The van der Waals surface area contributed by atoms with Gasteiger partial charge in [0.1, 0.15) is 0 Å². The van der Waals surface area contributed by atoms with Crippen LogP contribution in [-0.4, -0.2) is 48.9 Å². The van der Waals surface area contributed by atoms with Gasteiger partial charge in [0.15, 0.2) is 0 Å². The van der Waals surface area contributed by atoms with E-state index in [0.29, 0.717) is 25.3 Å². The van der Waals surface area contributed by atoms with E-state index in [0.717, 1.165) is 12.8 Å². The monoisotopic (exact) mass is 300 g/mol. The third-order valence-electron chi connectivity index (χ3n) is 3.54. The summed E-state index contributed by atoms with van der Waals surface area (Å²) < 4.78 is 26.0. The summed E-state index contributed by atoms with van der Waals surface area (Å²) in [6.45, 7) is 1.48. The molecule has 0 amide bonds. The van der Waals surface area contributed by atoms with Gasteiger partial charge in [-0.2, -0.15) is 5.10 Å². The van der Waals surface area contributed by atoms with Gasteiger partial charge in [-0.3, -0.25) is 4.79 Å². The highest BCUT2D eigenvalue weighted by molar-refractivity contribution is 7.88. The first-order chi connectivity index (χ1) is 9.40. The van der Waals surface area contributed by atoms with E-state index in [4.69, 9.17) is 0 Å². The summed E-state index contributed by atoms with van der Waals surface area (Å²) in [4.78, 5) is 11.9. The van der Waals surface area contributed by atoms with Crippen molar-refractivity contribution in [2.75, 3.05) is 31.7 Å². The molecule has 1 aromatic rings. The maximum atomic E-state index is 11.9. The van der Waals surface area contributed by atoms with Gasteiger partial charge in [0.25, 0.3) is 5.56 Å². The van der Waals surface area contributed by atoms with Gasteiger partial charge >= 0.3 is 0 Å². The fourth-order valence-corrected chi connectivity index (χ4v) is 3.37. The molecule has 1 atom stereocenters. The Kier molecular flexibility index (Phi) is 4.44. The lowest BCUT2D eigenvalue weighted by Crippen LogP contribution is -2.41. The van der Waals surface area contributed by atoms with E-state index in [2.05, 4.69) is 10.4 Å². The number of nitrogens with one attached hydrogen (secondary N) is 1. The molecule has 0 aromatic carbocycles. The van der Waals surface area contributed by atoms with Crippen LogP contribution in [0.25, 0.3) is 0 Å². The van der Waals surface area contributed by atoms with Crippen molar-refractivity contribution in [3.05, 3.63) is 22.6 Å². The largest absolute Gasteiger partial charge is 0.387 e. The zero-order valence-electron chi connectivity index (χ0n) is 11.7. The third-order valence-corrected chi connectivity index (χ3v) is 4.81. The number of hydrogen-bond acceptors (Lipinski definition) is 5. The van der Waals surface area contributed by atoms with Crippen LogP contribution in [0.1, 0.15) is 12.8 Å². The second kappa shape index (κ2) is 5.92. The summed E-state index contributed by atoms with van der Waals surface area (Å²) >= 11 is 0. The van der Waals surface area contributed by atoms with Crippen molar-refractivity contribution in [1.29, 1.82) is 0 Å². The number of rotatable bonds is 4. The summed E-state index contributed by atoms with van der Waals surface area (Å²) in [6.07, 6.45) is 4.55. The highest BCUT2D eigenvalue weighted by Crippen LogP contribution is 2.19. The Morgan fingerprint density at radius 3 is 2.85 bits per heavy atom. The number of anilines is 1. The molecule has 1 N–H and O–H groups in total. The van der Waals surface area contributed by atoms with Crippen LogP contribution in [0.2, 0.25) is 0 Å². The predicted molar refractivity (Wildman–Crippen MR) is 77.2 cm³/mol. The standard InChI is InChI=1S/C12H20N4O3S/c1-13-11-6-12(17)16(14-7-11)9-10-4-3-5-15(8-10)20(2,18)19/h6-7,10,13H,3-5,8-9H2,1-2H3. The molecule has 1 saturated heterocycles. The van der Waals surface area contributed by atoms with Gasteiger partial charge in [0, 0.05) is 32.7 Å². The Morgan fingerprint density at radius 2 is 2.25 bits per heavy atom. The molecular formula is C12H20N4O3S. The van der Waals surface area contributed by atoms with E-state index in [9.17, 15) is 13.2 Å². The number of hydrogen-bond donors (Lipinski definition) is 1. The molecule has 0 spiro atoms. The first kappa shape index (κ1) is 15.0. The van der Waals surface area contributed by atoms with E-state index >= 15 is 0 Å². The van der Waals surface area contributed by atoms with Gasteiger partial charge in [-0.25, -0.2) is 17.4 Å². The smallest absolute Gasteiger partial charge is 0.268 e. The summed E-state index contributed by atoms with van der Waals surface area (Å²) in [5.74, 6) is 0.129. The molecule has 2 rings (SSSR count). The molecule has 7 nitrogen and oxygen atoms in total. The van der Waals surface area contributed by atoms with Crippen molar-refractivity contribution >= 4 is 15.7 Å². The number of nitrogens with zero attached hydrogens (tertiary/aromatic N) is 3. The topological polar surface area (TPSA) is 84.3 Å². The van der Waals surface area contributed by atoms with Crippen molar-refractivity contribution in [3.8, 4) is 0 Å². The Hall–Kier alpha value is -1.41. The maximum Gasteiger partial charge on any atom is 0.268 e. The summed E-state index contributed by atoms with van der Waals surface area (Å²) in [5.41, 5.74) is 0.501. The molecule has 1 fully saturated rings. The fraction of sp³-hybridized carbons (Fsp3) is 0.667. The van der Waals surface area contributed by atoms with Crippen molar-refractivity contribution in [3.63, 3.8) is 0 Å². The molecule has 8 heteroatoms. The normalized spacial score (nSPS) is 20.8. The summed E-state index contributed by atoms with van der Waals surface area (Å²) in [7, 11) is -1.43. The van der Waals surface area contributed by atoms with Crippen LogP contribution >= 0.6 is 0 Å². The van der Waals surface area contributed by atoms with Crippen molar-refractivity contribution in [1.82, 2.24) is 14.1 Å². The van der Waals surface area contributed by atoms with E-state index in [1.54, 1.807) is 13.2 Å². The molecule has 1 aliphatic rings. The SMILES string of the molecule is CNc1cnn(CC2CCCN(S(C)(=O)=O)C2)c(=O)c1. The van der Waals surface area contributed by atoms with Crippen molar-refractivity contribution in [2.45, 2.75) is 19.4 Å². The van der Waals surface area contributed by atoms with E-state index in [1.807, 2.05) is 0 Å². The summed E-state index contributed by atoms with van der Waals surface area (Å²) in [6, 6.07) is 1.49. The second-order valence-corrected chi connectivity index (χ2v) is 7.13. The van der Waals surface area contributed by atoms with Gasteiger partial charge in [-0.15, -0.1) is 0 Å². The average Bonchev–Trinajstić information content (AvgIpc) is 2.40. The lowest BCUT2D eigenvalue weighted by atomic mass is 10.00. The molecule has 0 radical (unpaired) electrons. The zero-order valence-corrected chi connectivity index (χ0v) is 12.6. The lowest BCUT2D eigenvalue weighted by Gasteiger charge is -2.30. The third kappa shape index (κ3) is 3.57. The minimum atomic E-state index is -3.16. The highest BCUT2D eigenvalue weighted by Gasteiger charge is 2.26. The quantitative estimate of drug-likeness (QED) is 0.843. The number of piperidine rings is 1. The van der Waals surface area contributed by atoms with Crippen LogP contribution in [0.3, 0.4) is 0 Å². The maximum absolute atomic E-state index is 11.9. The van der Waals surface area contributed by atoms with Crippen LogP contribution < -0.4 is 10.9 Å². The van der Waals surface area contributed by atoms with Crippen molar-refractivity contribution < 1.29 is 8.42 Å². The number of sulfonamides is 1. The Balaban J connectivity index is 2.08. The molecule has 0 saturated carbocycles. The summed E-state index contributed by atoms with van der Waals surface area (Å²) in [5, 5.41) is 6.97. The van der Waals surface area contributed by atoms with Crippen LogP contribution in [0.15, 0.2) is 17.1 Å². The molecular weight excluding hydrogens is 280 g/mol. The van der Waals surface area contributed by atoms with Crippen LogP contribution in [-0.2, 0) is 16.6 Å². The Labute approximate surface area is 118 Å². The first-order valence-electron chi connectivity index (χ1n) is 6.60. The molecule has 1 aromatic heterocycles. The average molecular weight is 300 g/mol. The second-order valence-electron chi connectivity index (χ2n) is 5.14. The van der Waals surface area contributed by atoms with Gasteiger partial charge in [-0.1, -0.05) is 0 Å².